The lowest BCUT2D eigenvalue weighted by Crippen LogP contribution is -2.01. The molecule has 3 nitrogen and oxygen atoms in total. The van der Waals surface area contributed by atoms with Crippen molar-refractivity contribution >= 4 is 21.7 Å². The molecule has 4 heteroatoms. The highest BCUT2D eigenvalue weighted by atomic mass is 32.2. The van der Waals surface area contributed by atoms with E-state index in [-0.39, 0.29) is 15.4 Å². The van der Waals surface area contributed by atoms with Crippen LogP contribution in [0, 0.1) is 6.92 Å². The van der Waals surface area contributed by atoms with Crippen LogP contribution in [0.15, 0.2) is 58.3 Å². The van der Waals surface area contributed by atoms with Gasteiger partial charge in [-0.25, -0.2) is 8.42 Å². The van der Waals surface area contributed by atoms with Gasteiger partial charge in [0.1, 0.15) is 4.91 Å². The number of rotatable bonds is 1. The summed E-state index contributed by atoms with van der Waals surface area (Å²) >= 11 is 0. The van der Waals surface area contributed by atoms with Crippen LogP contribution in [0.4, 0.5) is 0 Å². The maximum Gasteiger partial charge on any atom is 0.211 e. The van der Waals surface area contributed by atoms with Gasteiger partial charge in [-0.3, -0.25) is 4.79 Å². The molecule has 0 amide bonds. The van der Waals surface area contributed by atoms with Gasteiger partial charge in [0.25, 0.3) is 0 Å². The van der Waals surface area contributed by atoms with Crippen LogP contribution < -0.4 is 0 Å². The summed E-state index contributed by atoms with van der Waals surface area (Å²) in [7, 11) is -3.70. The smallest absolute Gasteiger partial charge is 0.211 e. The molecule has 0 bridgehead atoms. The van der Waals surface area contributed by atoms with Gasteiger partial charge in [0.2, 0.25) is 15.6 Å². The number of Topliss-reactive ketones (excluding diaryl/α,β-unsaturated/α-hetero) is 1. The number of benzene rings is 2. The van der Waals surface area contributed by atoms with Gasteiger partial charge in [-0.15, -0.1) is 0 Å². The van der Waals surface area contributed by atoms with Crippen molar-refractivity contribution in [3.63, 3.8) is 0 Å². The molecule has 0 aromatic heterocycles. The Morgan fingerprint density at radius 1 is 1.00 bits per heavy atom. The monoisotopic (exact) mass is 284 g/mol. The van der Waals surface area contributed by atoms with E-state index >= 15 is 0 Å². The van der Waals surface area contributed by atoms with Crippen molar-refractivity contribution in [3.05, 3.63) is 70.1 Å². The average molecular weight is 284 g/mol. The van der Waals surface area contributed by atoms with Crippen LogP contribution in [-0.4, -0.2) is 14.2 Å². The SMILES string of the molecule is Cc1ccc2c(c1)C(=O)/C(=C\c1ccccc1)S2(=O)=O. The molecule has 0 spiro atoms. The van der Waals surface area contributed by atoms with Gasteiger partial charge in [0.05, 0.1) is 4.90 Å². The second-order valence-corrected chi connectivity index (χ2v) is 6.64. The third-order valence-corrected chi connectivity index (χ3v) is 5.10. The van der Waals surface area contributed by atoms with Crippen LogP contribution in [0.2, 0.25) is 0 Å². The Morgan fingerprint density at radius 3 is 2.40 bits per heavy atom. The standard InChI is InChI=1S/C16H12O3S/c1-11-7-8-14-13(9-11)16(17)15(20(14,18)19)10-12-5-3-2-4-6-12/h2-10H,1H3/b15-10+. The molecule has 0 atom stereocenters. The van der Waals surface area contributed by atoms with Gasteiger partial charge in [-0.05, 0) is 30.7 Å². The molecule has 0 fully saturated rings. The molecular formula is C16H12O3S. The number of sulfone groups is 1. The quantitative estimate of drug-likeness (QED) is 0.756. The number of hydrogen-bond donors (Lipinski definition) is 0. The molecule has 0 N–H and O–H groups in total. The third-order valence-electron chi connectivity index (χ3n) is 3.28. The van der Waals surface area contributed by atoms with Crippen molar-refractivity contribution < 1.29 is 13.2 Å². The number of hydrogen-bond acceptors (Lipinski definition) is 3. The number of fused-ring (bicyclic) bond motifs is 1. The number of carbonyl (C=O) groups excluding carboxylic acids is 1. The van der Waals surface area contributed by atoms with Crippen molar-refractivity contribution in [2.75, 3.05) is 0 Å². The van der Waals surface area contributed by atoms with Gasteiger partial charge in [0.15, 0.2) is 0 Å². The summed E-state index contributed by atoms with van der Waals surface area (Å²) in [6.45, 7) is 1.83. The molecular weight excluding hydrogens is 272 g/mol. The maximum absolute atomic E-state index is 12.4. The summed E-state index contributed by atoms with van der Waals surface area (Å²) in [6, 6.07) is 13.8. The fraction of sp³-hybridized carbons (Fsp3) is 0.0625. The molecule has 0 saturated heterocycles. The highest BCUT2D eigenvalue weighted by molar-refractivity contribution is 7.97. The Bertz CT molecular complexity index is 831. The zero-order valence-electron chi connectivity index (χ0n) is 10.8. The summed E-state index contributed by atoms with van der Waals surface area (Å²) in [4.78, 5) is 12.3. The van der Waals surface area contributed by atoms with Crippen LogP contribution in [0.5, 0.6) is 0 Å². The Morgan fingerprint density at radius 2 is 1.70 bits per heavy atom. The highest BCUT2D eigenvalue weighted by Gasteiger charge is 2.38. The fourth-order valence-electron chi connectivity index (χ4n) is 2.27. The van der Waals surface area contributed by atoms with Crippen molar-refractivity contribution in [1.29, 1.82) is 0 Å². The second-order valence-electron chi connectivity index (χ2n) is 4.75. The summed E-state index contributed by atoms with van der Waals surface area (Å²) in [5, 5.41) is 0. The molecule has 1 aliphatic heterocycles. The Kier molecular flexibility index (Phi) is 2.83. The lowest BCUT2D eigenvalue weighted by molar-refractivity contribution is 0.104. The first-order chi connectivity index (χ1) is 9.50. The van der Waals surface area contributed by atoms with E-state index in [0.717, 1.165) is 5.56 Å². The van der Waals surface area contributed by atoms with Gasteiger partial charge in [0, 0.05) is 5.56 Å². The van der Waals surface area contributed by atoms with Crippen LogP contribution in [0.1, 0.15) is 21.5 Å². The van der Waals surface area contributed by atoms with E-state index in [4.69, 9.17) is 0 Å². The highest BCUT2D eigenvalue weighted by Crippen LogP contribution is 2.35. The first-order valence-corrected chi connectivity index (χ1v) is 7.65. The van der Waals surface area contributed by atoms with Crippen molar-refractivity contribution in [2.45, 2.75) is 11.8 Å². The Hall–Kier alpha value is -2.20. The maximum atomic E-state index is 12.4. The summed E-state index contributed by atoms with van der Waals surface area (Å²) in [5.74, 6) is -0.424. The predicted molar refractivity (Wildman–Crippen MR) is 77.1 cm³/mol. The molecule has 1 aliphatic rings. The second kappa shape index (κ2) is 4.42. The van der Waals surface area contributed by atoms with E-state index in [9.17, 15) is 13.2 Å². The molecule has 0 saturated carbocycles. The third kappa shape index (κ3) is 1.89. The van der Waals surface area contributed by atoms with Crippen LogP contribution in [0.3, 0.4) is 0 Å². The van der Waals surface area contributed by atoms with Crippen molar-refractivity contribution in [3.8, 4) is 0 Å². The van der Waals surface area contributed by atoms with E-state index in [0.29, 0.717) is 5.56 Å². The van der Waals surface area contributed by atoms with Gasteiger partial charge in [-0.1, -0.05) is 42.0 Å². The minimum atomic E-state index is -3.70. The first-order valence-electron chi connectivity index (χ1n) is 6.17. The normalized spacial score (nSPS) is 18.2. The molecule has 2 aromatic carbocycles. The van der Waals surface area contributed by atoms with E-state index in [1.54, 1.807) is 36.4 Å². The lowest BCUT2D eigenvalue weighted by atomic mass is 10.1. The number of carbonyl (C=O) groups is 1. The van der Waals surface area contributed by atoms with Crippen molar-refractivity contribution in [1.82, 2.24) is 0 Å². The summed E-state index contributed by atoms with van der Waals surface area (Å²) < 4.78 is 24.8. The van der Waals surface area contributed by atoms with E-state index in [1.807, 2.05) is 13.0 Å². The molecule has 0 aliphatic carbocycles. The lowest BCUT2D eigenvalue weighted by Gasteiger charge is -1.98. The summed E-state index contributed by atoms with van der Waals surface area (Å²) in [6.07, 6.45) is 1.44. The molecule has 20 heavy (non-hydrogen) atoms. The first kappa shape index (κ1) is 12.8. The molecule has 1 heterocycles. The van der Waals surface area contributed by atoms with Gasteiger partial charge >= 0.3 is 0 Å². The zero-order valence-corrected chi connectivity index (χ0v) is 11.6. The van der Waals surface area contributed by atoms with E-state index < -0.39 is 15.6 Å². The summed E-state index contributed by atoms with van der Waals surface area (Å²) in [5.41, 5.74) is 1.84. The Labute approximate surface area is 117 Å². The molecule has 2 aromatic rings. The number of allylic oxidation sites excluding steroid dienone is 1. The van der Waals surface area contributed by atoms with Gasteiger partial charge in [-0.2, -0.15) is 0 Å². The minimum Gasteiger partial charge on any atom is -0.288 e. The molecule has 3 rings (SSSR count). The Balaban J connectivity index is 2.22. The van der Waals surface area contributed by atoms with Crippen LogP contribution >= 0.6 is 0 Å². The predicted octanol–water partition coefficient (Wildman–Crippen LogP) is 3.01. The number of ketones is 1. The van der Waals surface area contributed by atoms with Gasteiger partial charge < -0.3 is 0 Å². The fourth-order valence-corrected chi connectivity index (χ4v) is 3.84. The van der Waals surface area contributed by atoms with E-state index in [1.165, 1.54) is 12.1 Å². The number of aryl methyl sites for hydroxylation is 1. The average Bonchev–Trinajstić information content (AvgIpc) is 2.61. The minimum absolute atomic E-state index is 0.107. The molecule has 0 radical (unpaired) electrons. The topological polar surface area (TPSA) is 51.2 Å². The van der Waals surface area contributed by atoms with E-state index in [2.05, 4.69) is 0 Å². The molecule has 0 unspecified atom stereocenters. The molecule has 100 valence electrons. The van der Waals surface area contributed by atoms with Crippen LogP contribution in [-0.2, 0) is 9.84 Å². The zero-order chi connectivity index (χ0) is 14.3. The van der Waals surface area contributed by atoms with Crippen molar-refractivity contribution in [2.24, 2.45) is 0 Å². The van der Waals surface area contributed by atoms with Crippen LogP contribution in [0.25, 0.3) is 6.08 Å². The largest absolute Gasteiger partial charge is 0.288 e.